The molecule has 1 aromatic carbocycles. The van der Waals surface area contributed by atoms with Gasteiger partial charge in [-0.3, -0.25) is 9.69 Å². The number of nitrogens with two attached hydrogens (primary N) is 1. The van der Waals surface area contributed by atoms with Crippen LogP contribution in [0.5, 0.6) is 0 Å². The Hall–Kier alpha value is -1.44. The van der Waals surface area contributed by atoms with E-state index in [1.54, 1.807) is 6.07 Å². The van der Waals surface area contributed by atoms with Crippen molar-refractivity contribution in [2.45, 2.75) is 25.9 Å². The molecule has 0 aromatic heterocycles. The second-order valence-electron chi connectivity index (χ2n) is 6.15. The minimum atomic E-state index is -2.86. The highest BCUT2D eigenvalue weighted by Gasteiger charge is 2.21. The molecule has 1 unspecified atom stereocenters. The molecule has 6 nitrogen and oxygen atoms in total. The quantitative estimate of drug-likeness (QED) is 0.782. The Bertz CT molecular complexity index is 630. The van der Waals surface area contributed by atoms with Crippen LogP contribution in [0.15, 0.2) is 24.3 Å². The van der Waals surface area contributed by atoms with E-state index < -0.39 is 9.84 Å². The minimum Gasteiger partial charge on any atom is -0.352 e. The first kappa shape index (κ1) is 17.9. The molecule has 1 heterocycles. The fourth-order valence-corrected chi connectivity index (χ4v) is 3.77. The van der Waals surface area contributed by atoms with Crippen molar-refractivity contribution in [2.24, 2.45) is 5.73 Å². The number of nitrogens with one attached hydrogen (secondary N) is 1. The number of hydrogen-bond donors (Lipinski definition) is 2. The highest BCUT2D eigenvalue weighted by molar-refractivity contribution is 7.91. The third-order valence-electron chi connectivity index (χ3n) is 3.92. The van der Waals surface area contributed by atoms with Crippen LogP contribution in [0.2, 0.25) is 0 Å². The Morgan fingerprint density at radius 1 is 1.35 bits per heavy atom. The Morgan fingerprint density at radius 2 is 2.04 bits per heavy atom. The Morgan fingerprint density at radius 3 is 2.70 bits per heavy atom. The molecule has 128 valence electrons. The molecule has 1 aliphatic rings. The maximum absolute atomic E-state index is 12.1. The number of nitrogens with zero attached hydrogens (tertiary/aromatic N) is 1. The van der Waals surface area contributed by atoms with Gasteiger partial charge in [-0.15, -0.1) is 0 Å². The summed E-state index contributed by atoms with van der Waals surface area (Å²) >= 11 is 0. The summed E-state index contributed by atoms with van der Waals surface area (Å²) in [6.07, 6.45) is 0.744. The highest BCUT2D eigenvalue weighted by atomic mass is 32.2. The topological polar surface area (TPSA) is 92.5 Å². The number of carbonyl (C=O) groups is 1. The standard InChI is InChI=1S/C16H25N3O3S/c1-13(17)5-6-18-16(20)15-4-2-3-14(11-15)12-19-7-9-23(21,22)10-8-19/h2-4,11,13H,5-10,12,17H2,1H3,(H,18,20). The van der Waals surface area contributed by atoms with E-state index in [1.807, 2.05) is 25.1 Å². The van der Waals surface area contributed by atoms with Gasteiger partial charge in [-0.25, -0.2) is 8.42 Å². The molecule has 1 fully saturated rings. The van der Waals surface area contributed by atoms with E-state index in [4.69, 9.17) is 5.73 Å². The van der Waals surface area contributed by atoms with E-state index in [0.717, 1.165) is 12.0 Å². The molecule has 1 atom stereocenters. The van der Waals surface area contributed by atoms with Crippen LogP contribution < -0.4 is 11.1 Å². The molecule has 1 aromatic rings. The summed E-state index contributed by atoms with van der Waals surface area (Å²) in [6, 6.07) is 7.53. The average molecular weight is 339 g/mol. The second kappa shape index (κ2) is 7.90. The fraction of sp³-hybridized carbons (Fsp3) is 0.562. The molecule has 0 radical (unpaired) electrons. The van der Waals surface area contributed by atoms with Crippen molar-refractivity contribution < 1.29 is 13.2 Å². The fourth-order valence-electron chi connectivity index (χ4n) is 2.49. The largest absolute Gasteiger partial charge is 0.352 e. The molecule has 23 heavy (non-hydrogen) atoms. The molecule has 1 amide bonds. The van der Waals surface area contributed by atoms with Crippen LogP contribution in [-0.4, -0.2) is 56.4 Å². The number of carbonyl (C=O) groups excluding carboxylic acids is 1. The molecule has 0 saturated carbocycles. The maximum atomic E-state index is 12.1. The lowest BCUT2D eigenvalue weighted by molar-refractivity contribution is 0.0952. The van der Waals surface area contributed by atoms with E-state index in [0.29, 0.717) is 31.7 Å². The predicted molar refractivity (Wildman–Crippen MR) is 91.0 cm³/mol. The smallest absolute Gasteiger partial charge is 0.251 e. The monoisotopic (exact) mass is 339 g/mol. The van der Waals surface area contributed by atoms with Crippen molar-refractivity contribution >= 4 is 15.7 Å². The van der Waals surface area contributed by atoms with Gasteiger partial charge in [-0.05, 0) is 31.0 Å². The number of hydrogen-bond acceptors (Lipinski definition) is 5. The summed E-state index contributed by atoms with van der Waals surface area (Å²) in [6.45, 7) is 4.23. The molecular formula is C16H25N3O3S. The summed E-state index contributed by atoms with van der Waals surface area (Å²) in [4.78, 5) is 14.2. The van der Waals surface area contributed by atoms with E-state index in [-0.39, 0.29) is 23.5 Å². The van der Waals surface area contributed by atoms with Crippen molar-refractivity contribution in [1.82, 2.24) is 10.2 Å². The maximum Gasteiger partial charge on any atom is 0.251 e. The Kier molecular flexibility index (Phi) is 6.15. The first-order chi connectivity index (χ1) is 10.9. The predicted octanol–water partition coefficient (Wildman–Crippen LogP) is 0.384. The van der Waals surface area contributed by atoms with E-state index in [9.17, 15) is 13.2 Å². The van der Waals surface area contributed by atoms with Gasteiger partial charge in [0.05, 0.1) is 11.5 Å². The molecule has 0 spiro atoms. The van der Waals surface area contributed by atoms with Crippen molar-refractivity contribution in [3.05, 3.63) is 35.4 Å². The van der Waals surface area contributed by atoms with Crippen molar-refractivity contribution in [2.75, 3.05) is 31.1 Å². The van der Waals surface area contributed by atoms with Crippen molar-refractivity contribution in [3.63, 3.8) is 0 Å². The lowest BCUT2D eigenvalue weighted by atomic mass is 10.1. The second-order valence-corrected chi connectivity index (χ2v) is 8.45. The molecular weight excluding hydrogens is 314 g/mol. The van der Waals surface area contributed by atoms with Crippen LogP contribution in [-0.2, 0) is 16.4 Å². The average Bonchev–Trinajstić information content (AvgIpc) is 2.49. The van der Waals surface area contributed by atoms with Gasteiger partial charge < -0.3 is 11.1 Å². The molecule has 1 aliphatic heterocycles. The number of sulfone groups is 1. The number of amides is 1. The summed E-state index contributed by atoms with van der Waals surface area (Å²) in [5, 5.41) is 2.86. The first-order valence-corrected chi connectivity index (χ1v) is 9.73. The van der Waals surface area contributed by atoms with Crippen LogP contribution >= 0.6 is 0 Å². The SMILES string of the molecule is CC(N)CCNC(=O)c1cccc(CN2CCS(=O)(=O)CC2)c1. The van der Waals surface area contributed by atoms with Gasteiger partial charge in [-0.2, -0.15) is 0 Å². The van der Waals surface area contributed by atoms with Gasteiger partial charge in [0.25, 0.3) is 5.91 Å². The molecule has 3 N–H and O–H groups in total. The van der Waals surface area contributed by atoms with Crippen LogP contribution in [0.4, 0.5) is 0 Å². The Labute approximate surface area is 138 Å². The summed E-state index contributed by atoms with van der Waals surface area (Å²) in [5.74, 6) is 0.322. The van der Waals surface area contributed by atoms with Gasteiger partial charge in [0.15, 0.2) is 9.84 Å². The van der Waals surface area contributed by atoms with Gasteiger partial charge in [0, 0.05) is 37.8 Å². The minimum absolute atomic E-state index is 0.0667. The summed E-state index contributed by atoms with van der Waals surface area (Å²) < 4.78 is 22.9. The van der Waals surface area contributed by atoms with Gasteiger partial charge in [0.1, 0.15) is 0 Å². The van der Waals surface area contributed by atoms with Crippen LogP contribution in [0, 0.1) is 0 Å². The zero-order chi connectivity index (χ0) is 16.9. The first-order valence-electron chi connectivity index (χ1n) is 7.91. The van der Waals surface area contributed by atoms with Crippen LogP contribution in [0.1, 0.15) is 29.3 Å². The van der Waals surface area contributed by atoms with E-state index in [1.165, 1.54) is 0 Å². The highest BCUT2D eigenvalue weighted by Crippen LogP contribution is 2.11. The third kappa shape index (κ3) is 5.93. The third-order valence-corrected chi connectivity index (χ3v) is 5.53. The van der Waals surface area contributed by atoms with E-state index >= 15 is 0 Å². The molecule has 7 heteroatoms. The molecule has 0 aliphatic carbocycles. The molecule has 0 bridgehead atoms. The van der Waals surface area contributed by atoms with E-state index in [2.05, 4.69) is 10.2 Å². The van der Waals surface area contributed by atoms with Crippen molar-refractivity contribution in [3.8, 4) is 0 Å². The summed E-state index contributed by atoms with van der Waals surface area (Å²) in [5.41, 5.74) is 7.30. The van der Waals surface area contributed by atoms with Crippen molar-refractivity contribution in [1.29, 1.82) is 0 Å². The van der Waals surface area contributed by atoms with Crippen LogP contribution in [0.25, 0.3) is 0 Å². The van der Waals surface area contributed by atoms with Gasteiger partial charge in [0.2, 0.25) is 0 Å². The zero-order valence-corrected chi connectivity index (χ0v) is 14.3. The Balaban J connectivity index is 1.90. The molecule has 2 rings (SSSR count). The number of rotatable bonds is 6. The number of benzene rings is 1. The molecule has 1 saturated heterocycles. The lowest BCUT2D eigenvalue weighted by Crippen LogP contribution is -2.39. The summed E-state index contributed by atoms with van der Waals surface area (Å²) in [7, 11) is -2.86. The normalized spacial score (nSPS) is 19.2. The van der Waals surface area contributed by atoms with Gasteiger partial charge in [-0.1, -0.05) is 12.1 Å². The van der Waals surface area contributed by atoms with Crippen LogP contribution in [0.3, 0.4) is 0 Å². The van der Waals surface area contributed by atoms with Gasteiger partial charge >= 0.3 is 0 Å². The lowest BCUT2D eigenvalue weighted by Gasteiger charge is -2.26. The zero-order valence-electron chi connectivity index (χ0n) is 13.5.